The molecule has 1 N–H and O–H groups in total. The molecule has 3 aromatic rings. The van der Waals surface area contributed by atoms with E-state index in [1.807, 2.05) is 60.9 Å². The topological polar surface area (TPSA) is 56.1 Å². The van der Waals surface area contributed by atoms with Gasteiger partial charge in [-0.05, 0) is 48.7 Å². The molecule has 1 heterocycles. The van der Waals surface area contributed by atoms with Crippen LogP contribution in [0.15, 0.2) is 53.5 Å². The standard InChI is InChI=1S/C20H20ClN3O2/c1-13-6-4-9-17(14(13)2)22-20-23-19(25)18(26-3)12-24(20)11-15-7-5-8-16(21)10-15/h4-10,12H,11H2,1-3H3,(H,22,23,25). The first-order valence-electron chi connectivity index (χ1n) is 8.21. The van der Waals surface area contributed by atoms with Crippen LogP contribution in [0.25, 0.3) is 0 Å². The van der Waals surface area contributed by atoms with Crippen molar-refractivity contribution in [3.05, 3.63) is 80.7 Å². The largest absolute Gasteiger partial charge is 0.490 e. The summed E-state index contributed by atoms with van der Waals surface area (Å²) in [6.45, 7) is 4.57. The highest BCUT2D eigenvalue weighted by atomic mass is 35.5. The first-order chi connectivity index (χ1) is 12.5. The summed E-state index contributed by atoms with van der Waals surface area (Å²) in [5.74, 6) is 0.642. The second-order valence-electron chi connectivity index (χ2n) is 6.07. The lowest BCUT2D eigenvalue weighted by Gasteiger charge is -2.17. The number of hydrogen-bond donors (Lipinski definition) is 1. The third-order valence-corrected chi connectivity index (χ3v) is 4.51. The van der Waals surface area contributed by atoms with Crippen LogP contribution in [0.1, 0.15) is 16.7 Å². The van der Waals surface area contributed by atoms with E-state index in [0.29, 0.717) is 17.5 Å². The van der Waals surface area contributed by atoms with Crippen LogP contribution in [0.2, 0.25) is 5.02 Å². The summed E-state index contributed by atoms with van der Waals surface area (Å²) in [5, 5.41) is 3.93. The average molecular weight is 370 g/mol. The van der Waals surface area contributed by atoms with Crippen LogP contribution in [-0.4, -0.2) is 16.7 Å². The Kier molecular flexibility index (Phi) is 5.28. The predicted octanol–water partition coefficient (Wildman–Crippen LogP) is 4.31. The lowest BCUT2D eigenvalue weighted by molar-refractivity contribution is 0.402. The molecule has 5 nitrogen and oxygen atoms in total. The summed E-state index contributed by atoms with van der Waals surface area (Å²) in [4.78, 5) is 16.3. The molecule has 0 saturated heterocycles. The number of benzene rings is 2. The van der Waals surface area contributed by atoms with E-state index in [2.05, 4.69) is 10.3 Å². The summed E-state index contributed by atoms with van der Waals surface area (Å²) in [6.07, 6.45) is 1.66. The van der Waals surface area contributed by atoms with Gasteiger partial charge < -0.3 is 14.6 Å². The molecule has 0 bridgehead atoms. The molecule has 0 aliphatic heterocycles. The second kappa shape index (κ2) is 7.62. The number of methoxy groups -OCH3 is 1. The Bertz CT molecular complexity index is 999. The van der Waals surface area contributed by atoms with Gasteiger partial charge in [0.05, 0.1) is 19.9 Å². The van der Waals surface area contributed by atoms with E-state index in [0.717, 1.165) is 22.4 Å². The molecule has 0 amide bonds. The van der Waals surface area contributed by atoms with Crippen LogP contribution in [0.4, 0.5) is 11.6 Å². The molecule has 0 saturated carbocycles. The van der Waals surface area contributed by atoms with Crippen molar-refractivity contribution in [1.29, 1.82) is 0 Å². The monoisotopic (exact) mass is 369 g/mol. The highest BCUT2D eigenvalue weighted by Gasteiger charge is 2.11. The number of nitrogens with one attached hydrogen (secondary N) is 1. The smallest absolute Gasteiger partial charge is 0.316 e. The first-order valence-corrected chi connectivity index (χ1v) is 8.59. The highest BCUT2D eigenvalue weighted by Crippen LogP contribution is 2.23. The number of aryl methyl sites for hydroxylation is 1. The van der Waals surface area contributed by atoms with Crippen molar-refractivity contribution in [2.24, 2.45) is 0 Å². The number of aromatic nitrogens is 2. The predicted molar refractivity (Wildman–Crippen MR) is 105 cm³/mol. The van der Waals surface area contributed by atoms with Crippen molar-refractivity contribution in [3.8, 4) is 5.75 Å². The molecule has 0 spiro atoms. The molecule has 0 radical (unpaired) electrons. The van der Waals surface area contributed by atoms with Crippen molar-refractivity contribution in [1.82, 2.24) is 9.55 Å². The van der Waals surface area contributed by atoms with Gasteiger partial charge in [-0.3, -0.25) is 4.79 Å². The zero-order chi connectivity index (χ0) is 18.7. The summed E-state index contributed by atoms with van der Waals surface area (Å²) in [7, 11) is 1.46. The van der Waals surface area contributed by atoms with Crippen LogP contribution in [0, 0.1) is 13.8 Å². The van der Waals surface area contributed by atoms with Gasteiger partial charge in [0.15, 0.2) is 0 Å². The van der Waals surface area contributed by atoms with Crippen LogP contribution < -0.4 is 15.6 Å². The third kappa shape index (κ3) is 3.89. The number of rotatable bonds is 5. The van der Waals surface area contributed by atoms with E-state index < -0.39 is 5.56 Å². The second-order valence-corrected chi connectivity index (χ2v) is 6.50. The number of hydrogen-bond acceptors (Lipinski definition) is 4. The molecule has 6 heteroatoms. The van der Waals surface area contributed by atoms with Crippen LogP contribution in [0.3, 0.4) is 0 Å². The van der Waals surface area contributed by atoms with Gasteiger partial charge in [-0.15, -0.1) is 0 Å². The zero-order valence-corrected chi connectivity index (χ0v) is 15.7. The van der Waals surface area contributed by atoms with E-state index in [9.17, 15) is 4.79 Å². The lowest BCUT2D eigenvalue weighted by atomic mass is 10.1. The molecule has 3 rings (SSSR count). The summed E-state index contributed by atoms with van der Waals surface area (Å²) in [5.41, 5.74) is 3.75. The van der Waals surface area contributed by atoms with E-state index in [-0.39, 0.29) is 5.75 Å². The van der Waals surface area contributed by atoms with Gasteiger partial charge in [-0.1, -0.05) is 35.9 Å². The molecule has 0 aliphatic carbocycles. The molecular weight excluding hydrogens is 350 g/mol. The number of halogens is 1. The van der Waals surface area contributed by atoms with Crippen molar-refractivity contribution < 1.29 is 4.74 Å². The summed E-state index contributed by atoms with van der Waals surface area (Å²) >= 11 is 6.09. The Morgan fingerprint density at radius 3 is 2.69 bits per heavy atom. The molecule has 0 fully saturated rings. The molecule has 26 heavy (non-hydrogen) atoms. The fourth-order valence-corrected chi connectivity index (χ4v) is 2.89. The Morgan fingerprint density at radius 2 is 1.96 bits per heavy atom. The van der Waals surface area contributed by atoms with Gasteiger partial charge >= 0.3 is 5.56 Å². The van der Waals surface area contributed by atoms with Crippen molar-refractivity contribution >= 4 is 23.2 Å². The molecule has 1 aromatic heterocycles. The van der Waals surface area contributed by atoms with Crippen molar-refractivity contribution in [3.63, 3.8) is 0 Å². The molecule has 0 unspecified atom stereocenters. The highest BCUT2D eigenvalue weighted by molar-refractivity contribution is 6.30. The van der Waals surface area contributed by atoms with E-state index in [1.165, 1.54) is 7.11 Å². The van der Waals surface area contributed by atoms with E-state index >= 15 is 0 Å². The van der Waals surface area contributed by atoms with Crippen LogP contribution in [-0.2, 0) is 6.54 Å². The minimum Gasteiger partial charge on any atom is -0.490 e. The number of ether oxygens (including phenoxy) is 1. The minimum absolute atomic E-state index is 0.193. The summed E-state index contributed by atoms with van der Waals surface area (Å²) < 4.78 is 6.99. The molecule has 0 aliphatic rings. The number of anilines is 2. The van der Waals surface area contributed by atoms with Gasteiger partial charge in [-0.2, -0.15) is 4.98 Å². The zero-order valence-electron chi connectivity index (χ0n) is 14.9. The third-order valence-electron chi connectivity index (χ3n) is 4.28. The van der Waals surface area contributed by atoms with Gasteiger partial charge in [0.25, 0.3) is 0 Å². The lowest BCUT2D eigenvalue weighted by Crippen LogP contribution is -2.19. The normalized spacial score (nSPS) is 10.6. The van der Waals surface area contributed by atoms with Gasteiger partial charge in [0.2, 0.25) is 11.7 Å². The number of nitrogens with zero attached hydrogens (tertiary/aromatic N) is 2. The maximum absolute atomic E-state index is 12.2. The maximum Gasteiger partial charge on any atom is 0.316 e. The fraction of sp³-hybridized carbons (Fsp3) is 0.200. The summed E-state index contributed by atoms with van der Waals surface area (Å²) in [6, 6.07) is 13.5. The Hall–Kier alpha value is -2.79. The van der Waals surface area contributed by atoms with E-state index in [1.54, 1.807) is 6.20 Å². The molecule has 2 aromatic carbocycles. The Labute approximate surface area is 157 Å². The fourth-order valence-electron chi connectivity index (χ4n) is 2.67. The minimum atomic E-state index is -0.414. The van der Waals surface area contributed by atoms with Gasteiger partial charge in [-0.25, -0.2) is 0 Å². The van der Waals surface area contributed by atoms with Crippen molar-refractivity contribution in [2.75, 3.05) is 12.4 Å². The van der Waals surface area contributed by atoms with Crippen LogP contribution in [0.5, 0.6) is 5.75 Å². The SMILES string of the molecule is COc1cn(Cc2cccc(Cl)c2)c(Nc2cccc(C)c2C)nc1=O. The van der Waals surface area contributed by atoms with E-state index in [4.69, 9.17) is 16.3 Å². The Balaban J connectivity index is 2.04. The van der Waals surface area contributed by atoms with Gasteiger partial charge in [0, 0.05) is 10.7 Å². The molecule has 134 valence electrons. The quantitative estimate of drug-likeness (QED) is 0.728. The molecule has 0 atom stereocenters. The average Bonchev–Trinajstić information content (AvgIpc) is 2.61. The van der Waals surface area contributed by atoms with Gasteiger partial charge in [0.1, 0.15) is 0 Å². The van der Waals surface area contributed by atoms with Crippen molar-refractivity contribution in [2.45, 2.75) is 20.4 Å². The van der Waals surface area contributed by atoms with Crippen LogP contribution >= 0.6 is 11.6 Å². The maximum atomic E-state index is 12.2. The first kappa shape index (κ1) is 18.0. The molecular formula is C20H20ClN3O2. The Morgan fingerprint density at radius 1 is 1.19 bits per heavy atom.